The largest absolute Gasteiger partial charge is 0.497 e. The topological polar surface area (TPSA) is 111 Å². The lowest BCUT2D eigenvalue weighted by Crippen LogP contribution is -2.31. The minimum absolute atomic E-state index is 0.150. The highest BCUT2D eigenvalue weighted by atomic mass is 32.2. The number of anilines is 1. The Kier molecular flexibility index (Phi) is 9.99. The van der Waals surface area contributed by atoms with Crippen molar-refractivity contribution in [3.05, 3.63) is 46.2 Å². The Bertz CT molecular complexity index is 1130. The van der Waals surface area contributed by atoms with E-state index < -0.39 is 0 Å². The molecule has 2 aromatic heterocycles. The van der Waals surface area contributed by atoms with Crippen molar-refractivity contribution in [3.63, 3.8) is 0 Å². The lowest BCUT2D eigenvalue weighted by molar-refractivity contribution is -0.113. The van der Waals surface area contributed by atoms with E-state index in [4.69, 9.17) is 4.74 Å². The van der Waals surface area contributed by atoms with Gasteiger partial charge < -0.3 is 19.9 Å². The first-order valence-electron chi connectivity index (χ1n) is 11.1. The molecular formula is C23H30N6O3S3. The number of hydrogen-bond donors (Lipinski definition) is 2. The molecule has 0 saturated carbocycles. The number of rotatable bonds is 12. The molecule has 0 aliphatic rings. The summed E-state index contributed by atoms with van der Waals surface area (Å²) in [5.74, 6) is 2.06. The van der Waals surface area contributed by atoms with Crippen molar-refractivity contribution in [2.75, 3.05) is 30.2 Å². The van der Waals surface area contributed by atoms with Crippen LogP contribution in [0, 0.1) is 13.8 Å². The van der Waals surface area contributed by atoms with Crippen molar-refractivity contribution < 1.29 is 14.3 Å². The summed E-state index contributed by atoms with van der Waals surface area (Å²) in [6.07, 6.45) is 2.73. The third-order valence-electron chi connectivity index (χ3n) is 5.25. The molecule has 2 heterocycles. The summed E-state index contributed by atoms with van der Waals surface area (Å²) in [6, 6.07) is 6.67. The monoisotopic (exact) mass is 534 g/mol. The average molecular weight is 535 g/mol. The lowest BCUT2D eigenvalue weighted by Gasteiger charge is -2.19. The second-order valence-electron chi connectivity index (χ2n) is 7.62. The van der Waals surface area contributed by atoms with Gasteiger partial charge in [-0.2, -0.15) is 11.8 Å². The molecule has 0 fully saturated rings. The van der Waals surface area contributed by atoms with Crippen LogP contribution in [0.15, 0.2) is 29.4 Å². The number of benzene rings is 1. The van der Waals surface area contributed by atoms with Gasteiger partial charge in [-0.1, -0.05) is 11.8 Å². The van der Waals surface area contributed by atoms with Crippen LogP contribution < -0.4 is 15.4 Å². The van der Waals surface area contributed by atoms with Crippen LogP contribution in [0.1, 0.15) is 46.1 Å². The molecule has 0 bridgehead atoms. The van der Waals surface area contributed by atoms with Gasteiger partial charge in [-0.05, 0) is 63.5 Å². The van der Waals surface area contributed by atoms with Gasteiger partial charge in [0.05, 0.1) is 24.6 Å². The quantitative estimate of drug-likeness (QED) is 0.330. The fourth-order valence-electron chi connectivity index (χ4n) is 3.26. The van der Waals surface area contributed by atoms with Gasteiger partial charge in [0, 0.05) is 17.0 Å². The van der Waals surface area contributed by atoms with Gasteiger partial charge in [-0.25, -0.2) is 4.98 Å². The first-order chi connectivity index (χ1) is 16.9. The molecule has 2 N–H and O–H groups in total. The van der Waals surface area contributed by atoms with E-state index in [1.165, 1.54) is 23.1 Å². The summed E-state index contributed by atoms with van der Waals surface area (Å²) in [5.41, 5.74) is 1.46. The molecule has 3 rings (SSSR count). The van der Waals surface area contributed by atoms with Crippen LogP contribution in [0.4, 0.5) is 5.13 Å². The molecule has 3 aromatic rings. The molecule has 0 aliphatic carbocycles. The number of carbonyl (C=O) groups is 2. The molecule has 35 heavy (non-hydrogen) atoms. The van der Waals surface area contributed by atoms with E-state index in [1.807, 2.05) is 31.6 Å². The second-order valence-corrected chi connectivity index (χ2v) is 10.7. The van der Waals surface area contributed by atoms with Gasteiger partial charge in [0.1, 0.15) is 5.75 Å². The predicted molar refractivity (Wildman–Crippen MR) is 143 cm³/mol. The van der Waals surface area contributed by atoms with Gasteiger partial charge in [-0.3, -0.25) is 9.59 Å². The number of nitrogens with one attached hydrogen (secondary N) is 2. The minimum atomic E-state index is -0.311. The van der Waals surface area contributed by atoms with Crippen molar-refractivity contribution in [2.24, 2.45) is 0 Å². The number of carbonyl (C=O) groups excluding carboxylic acids is 2. The zero-order valence-corrected chi connectivity index (χ0v) is 22.9. The molecule has 12 heteroatoms. The Balaban J connectivity index is 1.70. The van der Waals surface area contributed by atoms with Crippen LogP contribution >= 0.6 is 34.9 Å². The number of thiazole rings is 1. The van der Waals surface area contributed by atoms with E-state index in [-0.39, 0.29) is 23.6 Å². The highest BCUT2D eigenvalue weighted by Gasteiger charge is 2.23. The predicted octanol–water partition coefficient (Wildman–Crippen LogP) is 4.33. The number of aromatic nitrogens is 4. The fourth-order valence-corrected chi connectivity index (χ4v) is 5.37. The van der Waals surface area contributed by atoms with E-state index in [2.05, 4.69) is 25.8 Å². The van der Waals surface area contributed by atoms with Gasteiger partial charge in [-0.15, -0.1) is 21.5 Å². The molecular weight excluding hydrogens is 504 g/mol. The highest BCUT2D eigenvalue weighted by Crippen LogP contribution is 2.25. The first-order valence-corrected chi connectivity index (χ1v) is 14.3. The molecule has 0 saturated heterocycles. The zero-order chi connectivity index (χ0) is 25.4. The number of nitrogens with zero attached hydrogens (tertiary/aromatic N) is 4. The van der Waals surface area contributed by atoms with Crippen LogP contribution in [-0.4, -0.2) is 56.4 Å². The molecule has 1 aromatic carbocycles. The number of methoxy groups -OCH3 is 1. The third-order valence-corrected chi connectivity index (χ3v) is 7.85. The van der Waals surface area contributed by atoms with Gasteiger partial charge in [0.15, 0.2) is 16.1 Å². The minimum Gasteiger partial charge on any atom is -0.497 e. The summed E-state index contributed by atoms with van der Waals surface area (Å²) < 4.78 is 7.13. The third kappa shape index (κ3) is 7.21. The lowest BCUT2D eigenvalue weighted by atomic mass is 10.1. The number of amides is 2. The van der Waals surface area contributed by atoms with E-state index in [0.29, 0.717) is 40.4 Å². The van der Waals surface area contributed by atoms with Crippen LogP contribution in [0.3, 0.4) is 0 Å². The zero-order valence-electron chi connectivity index (χ0n) is 20.5. The summed E-state index contributed by atoms with van der Waals surface area (Å²) in [4.78, 5) is 30.8. The molecule has 2 amide bonds. The maximum Gasteiger partial charge on any atom is 0.251 e. The Morgan fingerprint density at radius 1 is 1.20 bits per heavy atom. The Morgan fingerprint density at radius 2 is 1.94 bits per heavy atom. The van der Waals surface area contributed by atoms with Crippen molar-refractivity contribution in [2.45, 2.75) is 44.9 Å². The molecule has 1 atom stereocenters. The fraction of sp³-hybridized carbons (Fsp3) is 0.435. The summed E-state index contributed by atoms with van der Waals surface area (Å²) >= 11 is 4.47. The van der Waals surface area contributed by atoms with Gasteiger partial charge in [0.2, 0.25) is 5.91 Å². The second kappa shape index (κ2) is 12.9. The molecule has 9 nitrogen and oxygen atoms in total. The van der Waals surface area contributed by atoms with Crippen LogP contribution in [0.5, 0.6) is 5.75 Å². The van der Waals surface area contributed by atoms with Crippen molar-refractivity contribution in [3.8, 4) is 5.75 Å². The molecule has 0 radical (unpaired) electrons. The molecule has 0 aliphatic heterocycles. The summed E-state index contributed by atoms with van der Waals surface area (Å²) in [6.45, 7) is 6.51. The Hall–Kier alpha value is -2.57. The average Bonchev–Trinajstić information content (AvgIpc) is 3.41. The number of hydrogen-bond acceptors (Lipinski definition) is 9. The summed E-state index contributed by atoms with van der Waals surface area (Å²) in [5, 5.41) is 15.9. The SMILES string of the molecule is CCn1c(SCC(=O)Nc2nc(C)c(C)s2)nnc1[C@@H](CCSC)NC(=O)c1ccc(OC)cc1. The van der Waals surface area contributed by atoms with Gasteiger partial charge in [0.25, 0.3) is 5.91 Å². The van der Waals surface area contributed by atoms with Crippen LogP contribution in [0.2, 0.25) is 0 Å². The normalized spacial score (nSPS) is 11.8. The standard InChI is InChI=1S/C23H30N6O3S3/c1-6-29-20(18(11-12-33-5)25-21(31)16-7-9-17(32-4)10-8-16)27-28-23(29)34-13-19(30)26-22-24-14(2)15(3)35-22/h7-10,18H,6,11-13H2,1-5H3,(H,25,31)(H,24,26,30)/t18-/m1/s1. The smallest absolute Gasteiger partial charge is 0.251 e. The first kappa shape index (κ1) is 27.0. The van der Waals surface area contributed by atoms with E-state index in [0.717, 1.165) is 16.3 Å². The number of ether oxygens (including phenoxy) is 1. The van der Waals surface area contributed by atoms with Crippen molar-refractivity contribution >= 4 is 51.8 Å². The van der Waals surface area contributed by atoms with Crippen molar-refractivity contribution in [1.82, 2.24) is 25.1 Å². The highest BCUT2D eigenvalue weighted by molar-refractivity contribution is 7.99. The number of thioether (sulfide) groups is 2. The Morgan fingerprint density at radius 3 is 2.54 bits per heavy atom. The van der Waals surface area contributed by atoms with Crippen LogP contribution in [-0.2, 0) is 11.3 Å². The maximum absolute atomic E-state index is 12.9. The van der Waals surface area contributed by atoms with E-state index >= 15 is 0 Å². The maximum atomic E-state index is 12.9. The van der Waals surface area contributed by atoms with E-state index in [9.17, 15) is 9.59 Å². The van der Waals surface area contributed by atoms with Crippen LogP contribution in [0.25, 0.3) is 0 Å². The molecule has 188 valence electrons. The van der Waals surface area contributed by atoms with E-state index in [1.54, 1.807) is 43.1 Å². The molecule has 0 spiro atoms. The Labute approximate surface area is 217 Å². The number of aryl methyl sites for hydroxylation is 2. The summed E-state index contributed by atoms with van der Waals surface area (Å²) in [7, 11) is 1.59. The van der Waals surface area contributed by atoms with Gasteiger partial charge >= 0.3 is 0 Å². The molecule has 0 unspecified atom stereocenters. The van der Waals surface area contributed by atoms with Crippen molar-refractivity contribution in [1.29, 1.82) is 0 Å².